The van der Waals surface area contributed by atoms with Gasteiger partial charge in [0.25, 0.3) is 0 Å². The van der Waals surface area contributed by atoms with Gasteiger partial charge in [0.2, 0.25) is 12.6 Å². The Morgan fingerprint density at radius 3 is 2.05 bits per heavy atom. The van der Waals surface area contributed by atoms with Crippen molar-refractivity contribution in [1.82, 2.24) is 0 Å². The molecule has 0 bridgehead atoms. The molecule has 2 aliphatic heterocycles. The highest BCUT2D eigenvalue weighted by Crippen LogP contribution is 2.38. The number of hydrogen-bond acceptors (Lipinski definition) is 14. The van der Waals surface area contributed by atoms with E-state index in [2.05, 4.69) is 0 Å². The van der Waals surface area contributed by atoms with E-state index < -0.39 is 79.6 Å². The molecule has 0 saturated carbocycles. The van der Waals surface area contributed by atoms with Gasteiger partial charge in [-0.3, -0.25) is 4.79 Å². The van der Waals surface area contributed by atoms with Gasteiger partial charge in [0.15, 0.2) is 5.78 Å². The fraction of sp³-hybridized carbons (Fsp3) is 0.519. The van der Waals surface area contributed by atoms with Crippen molar-refractivity contribution >= 4 is 5.78 Å². The van der Waals surface area contributed by atoms with Crippen molar-refractivity contribution in [3.8, 4) is 23.0 Å². The van der Waals surface area contributed by atoms with E-state index in [1.54, 1.807) is 12.1 Å². The summed E-state index contributed by atoms with van der Waals surface area (Å²) in [5.41, 5.74) is 0.395. The van der Waals surface area contributed by atoms with Crippen LogP contribution < -0.4 is 9.47 Å². The standard InChI is InChI=1S/C27H34O14/c1-11-20(32)22(34)24(36)26(38-11)40-17-9-14(39-27-25(37)23(35)21(33)18(10-28)41-27)8-16(31)19(17)15(30)7-4-12-2-5-13(29)6-3-12/h2-3,5-6,8-9,11,18,20-29,31-37H,4,7,10H2,1H3. The predicted octanol–water partition coefficient (Wildman–Crippen LogP) is -1.70. The van der Waals surface area contributed by atoms with Gasteiger partial charge >= 0.3 is 0 Å². The molecule has 10 unspecified atom stereocenters. The lowest BCUT2D eigenvalue weighted by Crippen LogP contribution is -2.60. The molecule has 0 amide bonds. The molecule has 0 aromatic heterocycles. The molecule has 0 radical (unpaired) electrons. The highest BCUT2D eigenvalue weighted by molar-refractivity contribution is 6.01. The van der Waals surface area contributed by atoms with Crippen molar-refractivity contribution in [1.29, 1.82) is 0 Å². The van der Waals surface area contributed by atoms with Crippen LogP contribution in [0.5, 0.6) is 23.0 Å². The van der Waals surface area contributed by atoms with E-state index in [1.165, 1.54) is 19.1 Å². The second-order valence-corrected chi connectivity index (χ2v) is 10.0. The van der Waals surface area contributed by atoms with E-state index in [1.807, 2.05) is 0 Å². The molecule has 2 heterocycles. The SMILES string of the molecule is CC1OC(Oc2cc(OC3OC(CO)C(O)C(O)C3O)cc(O)c2C(=O)CCc2ccc(O)cc2)C(O)C(O)C1O. The number of Topliss-reactive ketones (excluding diaryl/α,β-unsaturated/α-hetero) is 1. The Kier molecular flexibility index (Phi) is 9.69. The van der Waals surface area contributed by atoms with E-state index in [-0.39, 0.29) is 35.7 Å². The maximum absolute atomic E-state index is 13.3. The number of ether oxygens (including phenoxy) is 4. The molecule has 2 saturated heterocycles. The topological polar surface area (TPSA) is 236 Å². The van der Waals surface area contributed by atoms with Gasteiger partial charge < -0.3 is 64.9 Å². The van der Waals surface area contributed by atoms with Crippen molar-refractivity contribution < 1.29 is 69.7 Å². The van der Waals surface area contributed by atoms with Crippen LogP contribution in [-0.2, 0) is 15.9 Å². The second kappa shape index (κ2) is 12.9. The van der Waals surface area contributed by atoms with Crippen molar-refractivity contribution in [3.63, 3.8) is 0 Å². The fourth-order valence-electron chi connectivity index (χ4n) is 4.60. The molecule has 9 N–H and O–H groups in total. The van der Waals surface area contributed by atoms with Gasteiger partial charge in [0.1, 0.15) is 71.3 Å². The number of benzene rings is 2. The molecule has 4 rings (SSSR count). The second-order valence-electron chi connectivity index (χ2n) is 10.0. The number of rotatable bonds is 9. The molecule has 2 fully saturated rings. The van der Waals surface area contributed by atoms with Gasteiger partial charge in [-0.25, -0.2) is 0 Å². The zero-order valence-corrected chi connectivity index (χ0v) is 21.9. The lowest BCUT2D eigenvalue weighted by molar-refractivity contribution is -0.277. The first-order valence-corrected chi connectivity index (χ1v) is 12.9. The van der Waals surface area contributed by atoms with E-state index in [4.69, 9.17) is 18.9 Å². The highest BCUT2D eigenvalue weighted by Gasteiger charge is 2.46. The Bertz CT molecular complexity index is 1190. The lowest BCUT2D eigenvalue weighted by Gasteiger charge is -2.40. The van der Waals surface area contributed by atoms with Crippen LogP contribution >= 0.6 is 0 Å². The molecular formula is C27H34O14. The van der Waals surface area contributed by atoms with Crippen molar-refractivity contribution in [2.75, 3.05) is 6.61 Å². The van der Waals surface area contributed by atoms with Crippen LogP contribution in [-0.4, -0.2) is 120 Å². The van der Waals surface area contributed by atoms with Gasteiger partial charge in [0, 0.05) is 18.6 Å². The maximum Gasteiger partial charge on any atom is 0.229 e. The van der Waals surface area contributed by atoms with Crippen LogP contribution in [0.1, 0.15) is 29.3 Å². The van der Waals surface area contributed by atoms with Gasteiger partial charge in [-0.1, -0.05) is 12.1 Å². The summed E-state index contributed by atoms with van der Waals surface area (Å²) in [6.07, 6.45) is -15.3. The van der Waals surface area contributed by atoms with E-state index >= 15 is 0 Å². The number of aromatic hydroxyl groups is 2. The summed E-state index contributed by atoms with van der Waals surface area (Å²) in [6, 6.07) is 8.29. The molecule has 2 aliphatic rings. The summed E-state index contributed by atoms with van der Waals surface area (Å²) in [7, 11) is 0. The molecule has 14 nitrogen and oxygen atoms in total. The highest BCUT2D eigenvalue weighted by atomic mass is 16.7. The lowest BCUT2D eigenvalue weighted by atomic mass is 9.99. The minimum absolute atomic E-state index is 0.0518. The Hall–Kier alpha value is -3.05. The summed E-state index contributed by atoms with van der Waals surface area (Å²) in [4.78, 5) is 13.3. The van der Waals surface area contributed by atoms with Crippen molar-refractivity contribution in [2.45, 2.75) is 81.2 Å². The van der Waals surface area contributed by atoms with E-state index in [0.717, 1.165) is 17.7 Å². The monoisotopic (exact) mass is 582 g/mol. The predicted molar refractivity (Wildman–Crippen MR) is 136 cm³/mol. The molecule has 0 aliphatic carbocycles. The van der Waals surface area contributed by atoms with Crippen LogP contribution in [0.4, 0.5) is 0 Å². The number of aliphatic hydroxyl groups is 7. The summed E-state index contributed by atoms with van der Waals surface area (Å²) in [6.45, 7) is 0.720. The molecule has 226 valence electrons. The summed E-state index contributed by atoms with van der Waals surface area (Å²) in [5, 5.41) is 90.8. The first-order valence-electron chi connectivity index (χ1n) is 12.9. The number of phenolic OH excluding ortho intramolecular Hbond substituents is 2. The summed E-state index contributed by atoms with van der Waals surface area (Å²) < 4.78 is 22.1. The Balaban J connectivity index is 1.63. The zero-order valence-electron chi connectivity index (χ0n) is 21.9. The normalized spacial score (nSPS) is 33.8. The summed E-state index contributed by atoms with van der Waals surface area (Å²) >= 11 is 0. The number of hydrogen-bond donors (Lipinski definition) is 9. The van der Waals surface area contributed by atoms with Gasteiger partial charge in [-0.2, -0.15) is 0 Å². The Labute approximate surface area is 234 Å². The van der Waals surface area contributed by atoms with Crippen LogP contribution in [0.15, 0.2) is 36.4 Å². The average molecular weight is 583 g/mol. The first-order chi connectivity index (χ1) is 19.4. The summed E-state index contributed by atoms with van der Waals surface area (Å²) in [5.74, 6) is -1.76. The van der Waals surface area contributed by atoms with Gasteiger partial charge in [-0.05, 0) is 31.0 Å². The van der Waals surface area contributed by atoms with Crippen molar-refractivity contribution in [2.24, 2.45) is 0 Å². The third kappa shape index (κ3) is 6.72. The van der Waals surface area contributed by atoms with Crippen LogP contribution in [0.3, 0.4) is 0 Å². The number of carbonyl (C=O) groups is 1. The molecule has 41 heavy (non-hydrogen) atoms. The molecule has 10 atom stereocenters. The Morgan fingerprint density at radius 2 is 1.41 bits per heavy atom. The van der Waals surface area contributed by atoms with E-state index in [9.17, 15) is 50.8 Å². The number of aliphatic hydroxyl groups excluding tert-OH is 7. The van der Waals surface area contributed by atoms with Crippen LogP contribution in [0.25, 0.3) is 0 Å². The first kappa shape index (κ1) is 30.9. The maximum atomic E-state index is 13.3. The minimum atomic E-state index is -1.77. The molecule has 2 aromatic rings. The fourth-order valence-corrected chi connectivity index (χ4v) is 4.60. The molecular weight excluding hydrogens is 548 g/mol. The molecule has 0 spiro atoms. The van der Waals surface area contributed by atoms with Gasteiger partial charge in [0.05, 0.1) is 12.7 Å². The van der Waals surface area contributed by atoms with Crippen molar-refractivity contribution in [3.05, 3.63) is 47.5 Å². The van der Waals surface area contributed by atoms with Gasteiger partial charge in [-0.15, -0.1) is 0 Å². The number of ketones is 1. The number of aryl methyl sites for hydroxylation is 1. The minimum Gasteiger partial charge on any atom is -0.508 e. The molecule has 14 heteroatoms. The average Bonchev–Trinajstić information content (AvgIpc) is 2.94. The van der Waals surface area contributed by atoms with Crippen LogP contribution in [0.2, 0.25) is 0 Å². The number of phenols is 2. The van der Waals surface area contributed by atoms with E-state index in [0.29, 0.717) is 0 Å². The third-order valence-corrected chi connectivity index (χ3v) is 7.06. The molecule has 2 aromatic carbocycles. The largest absolute Gasteiger partial charge is 0.508 e. The van der Waals surface area contributed by atoms with Crippen LogP contribution in [0, 0.1) is 0 Å². The zero-order chi connectivity index (χ0) is 30.0. The smallest absolute Gasteiger partial charge is 0.229 e. The quantitative estimate of drug-likeness (QED) is 0.150. The number of carbonyl (C=O) groups excluding carboxylic acids is 1. The Morgan fingerprint density at radius 1 is 0.805 bits per heavy atom. The third-order valence-electron chi connectivity index (χ3n) is 7.06.